The number of aromatic carboxylic acids is 1. The number of hydrogen-bond acceptors (Lipinski definition) is 4. The number of rotatable bonds is 5. The Labute approximate surface area is 147 Å². The molecule has 0 radical (unpaired) electrons. The molecule has 1 amide bonds. The summed E-state index contributed by atoms with van der Waals surface area (Å²) in [5.74, 6) is -1.91. The third-order valence-corrected chi connectivity index (χ3v) is 3.59. The molecule has 8 heteroatoms. The van der Waals surface area contributed by atoms with Crippen molar-refractivity contribution in [1.82, 2.24) is 0 Å². The summed E-state index contributed by atoms with van der Waals surface area (Å²) in [6.07, 6.45) is -0.884. The van der Waals surface area contributed by atoms with E-state index in [-0.39, 0.29) is 16.3 Å². The van der Waals surface area contributed by atoms with Crippen LogP contribution in [0.25, 0.3) is 0 Å². The fraction of sp³-hybridized carbons (Fsp3) is 0.125. The van der Waals surface area contributed by atoms with Gasteiger partial charge in [0.25, 0.3) is 5.91 Å². The molecule has 3 N–H and O–H groups in total. The van der Waals surface area contributed by atoms with Crippen LogP contribution in [0.2, 0.25) is 10.0 Å². The Kier molecular flexibility index (Phi) is 5.54. The van der Waals surface area contributed by atoms with E-state index in [1.165, 1.54) is 25.1 Å². The van der Waals surface area contributed by atoms with Crippen LogP contribution < -0.4 is 10.1 Å². The zero-order valence-electron chi connectivity index (χ0n) is 12.4. The SMILES string of the molecule is C[C@H](Oc1ccc(Cl)cc1Cl)C(=O)Nc1ccc(C(=O)O)c(O)c1. The molecule has 0 aliphatic carbocycles. The molecular formula is C16H13Cl2NO5. The molecule has 6 nitrogen and oxygen atoms in total. The largest absolute Gasteiger partial charge is 0.507 e. The van der Waals surface area contributed by atoms with Gasteiger partial charge in [-0.3, -0.25) is 4.79 Å². The van der Waals surface area contributed by atoms with Crippen LogP contribution in [0.3, 0.4) is 0 Å². The first-order valence-electron chi connectivity index (χ1n) is 6.77. The first-order chi connectivity index (χ1) is 11.3. The van der Waals surface area contributed by atoms with Crippen molar-refractivity contribution in [1.29, 1.82) is 0 Å². The minimum atomic E-state index is -1.26. The second-order valence-electron chi connectivity index (χ2n) is 4.86. The highest BCUT2D eigenvalue weighted by atomic mass is 35.5. The molecule has 24 heavy (non-hydrogen) atoms. The van der Waals surface area contributed by atoms with Gasteiger partial charge in [0.05, 0.1) is 5.02 Å². The Hall–Kier alpha value is -2.44. The van der Waals surface area contributed by atoms with Gasteiger partial charge in [-0.1, -0.05) is 23.2 Å². The van der Waals surface area contributed by atoms with E-state index in [9.17, 15) is 14.7 Å². The molecule has 0 aromatic heterocycles. The highest BCUT2D eigenvalue weighted by Crippen LogP contribution is 2.28. The number of carbonyl (C=O) groups is 2. The molecule has 2 aromatic rings. The van der Waals surface area contributed by atoms with E-state index in [0.29, 0.717) is 10.8 Å². The van der Waals surface area contributed by atoms with Gasteiger partial charge >= 0.3 is 5.97 Å². The summed E-state index contributed by atoms with van der Waals surface area (Å²) >= 11 is 11.8. The molecule has 0 heterocycles. The van der Waals surface area contributed by atoms with Gasteiger partial charge in [-0.25, -0.2) is 4.79 Å². The summed E-state index contributed by atoms with van der Waals surface area (Å²) in [6.45, 7) is 1.52. The van der Waals surface area contributed by atoms with E-state index in [2.05, 4.69) is 5.32 Å². The molecule has 0 aliphatic rings. The van der Waals surface area contributed by atoms with E-state index in [1.54, 1.807) is 12.1 Å². The van der Waals surface area contributed by atoms with Crippen molar-refractivity contribution in [2.24, 2.45) is 0 Å². The summed E-state index contributed by atoms with van der Waals surface area (Å²) in [4.78, 5) is 23.0. The van der Waals surface area contributed by atoms with Crippen molar-refractivity contribution in [3.63, 3.8) is 0 Å². The van der Waals surface area contributed by atoms with Crippen LogP contribution in [-0.2, 0) is 4.79 Å². The molecule has 2 rings (SSSR count). The van der Waals surface area contributed by atoms with E-state index < -0.39 is 23.7 Å². The van der Waals surface area contributed by atoms with Gasteiger partial charge in [0.2, 0.25) is 0 Å². The number of carboxylic acids is 1. The van der Waals surface area contributed by atoms with Crippen molar-refractivity contribution in [2.45, 2.75) is 13.0 Å². The van der Waals surface area contributed by atoms with Gasteiger partial charge in [-0.2, -0.15) is 0 Å². The summed E-state index contributed by atoms with van der Waals surface area (Å²) < 4.78 is 5.47. The molecule has 1 atom stereocenters. The smallest absolute Gasteiger partial charge is 0.339 e. The highest BCUT2D eigenvalue weighted by Gasteiger charge is 2.18. The van der Waals surface area contributed by atoms with Crippen molar-refractivity contribution in [3.8, 4) is 11.5 Å². The van der Waals surface area contributed by atoms with Crippen LogP contribution in [0.5, 0.6) is 11.5 Å². The van der Waals surface area contributed by atoms with E-state index in [0.717, 1.165) is 6.07 Å². The predicted octanol–water partition coefficient (Wildman–Crippen LogP) is 3.80. The lowest BCUT2D eigenvalue weighted by molar-refractivity contribution is -0.122. The van der Waals surface area contributed by atoms with Crippen LogP contribution in [0.1, 0.15) is 17.3 Å². The monoisotopic (exact) mass is 369 g/mol. The Morgan fingerprint density at radius 1 is 1.17 bits per heavy atom. The van der Waals surface area contributed by atoms with Gasteiger partial charge in [0.15, 0.2) is 6.10 Å². The lowest BCUT2D eigenvalue weighted by atomic mass is 10.2. The van der Waals surface area contributed by atoms with Gasteiger partial charge in [-0.05, 0) is 37.3 Å². The quantitative estimate of drug-likeness (QED) is 0.744. The lowest BCUT2D eigenvalue weighted by Gasteiger charge is -2.16. The van der Waals surface area contributed by atoms with E-state index in [4.69, 9.17) is 33.0 Å². The Bertz CT molecular complexity index is 794. The molecule has 0 bridgehead atoms. The number of nitrogens with one attached hydrogen (secondary N) is 1. The minimum Gasteiger partial charge on any atom is -0.507 e. The number of phenols is 1. The molecule has 0 fully saturated rings. The van der Waals surface area contributed by atoms with Gasteiger partial charge in [0, 0.05) is 16.8 Å². The van der Waals surface area contributed by atoms with Crippen LogP contribution in [-0.4, -0.2) is 28.2 Å². The third-order valence-electron chi connectivity index (χ3n) is 3.06. The fourth-order valence-corrected chi connectivity index (χ4v) is 2.30. The number of benzene rings is 2. The molecule has 0 spiro atoms. The first-order valence-corrected chi connectivity index (χ1v) is 7.52. The van der Waals surface area contributed by atoms with Gasteiger partial charge in [-0.15, -0.1) is 0 Å². The summed E-state index contributed by atoms with van der Waals surface area (Å²) in [7, 11) is 0. The number of hydrogen-bond donors (Lipinski definition) is 3. The summed E-state index contributed by atoms with van der Waals surface area (Å²) in [5.41, 5.74) is -0.0228. The van der Waals surface area contributed by atoms with E-state index in [1.807, 2.05) is 0 Å². The van der Waals surface area contributed by atoms with Crippen molar-refractivity contribution in [3.05, 3.63) is 52.0 Å². The lowest BCUT2D eigenvalue weighted by Crippen LogP contribution is -2.30. The Morgan fingerprint density at radius 3 is 2.46 bits per heavy atom. The number of halogens is 2. The zero-order valence-corrected chi connectivity index (χ0v) is 13.9. The van der Waals surface area contributed by atoms with Crippen LogP contribution in [0, 0.1) is 0 Å². The van der Waals surface area contributed by atoms with Crippen molar-refractivity contribution >= 4 is 40.8 Å². The fourth-order valence-electron chi connectivity index (χ4n) is 1.85. The Balaban J connectivity index is 2.06. The standard InChI is InChI=1S/C16H13Cl2NO5/c1-8(24-14-5-2-9(17)6-12(14)18)15(21)19-10-3-4-11(16(22)23)13(20)7-10/h2-8,20H,1H3,(H,19,21)(H,22,23)/t8-/m0/s1. The maximum absolute atomic E-state index is 12.1. The first kappa shape index (κ1) is 17.9. The van der Waals surface area contributed by atoms with Crippen LogP contribution in [0.4, 0.5) is 5.69 Å². The number of anilines is 1. The summed E-state index contributed by atoms with van der Waals surface area (Å²) in [6, 6.07) is 8.31. The molecule has 2 aromatic carbocycles. The molecule has 0 saturated carbocycles. The highest BCUT2D eigenvalue weighted by molar-refractivity contribution is 6.35. The number of carbonyl (C=O) groups excluding carboxylic acids is 1. The van der Waals surface area contributed by atoms with Crippen LogP contribution >= 0.6 is 23.2 Å². The average molecular weight is 370 g/mol. The van der Waals surface area contributed by atoms with Crippen LogP contribution in [0.15, 0.2) is 36.4 Å². The number of carboxylic acid groups (broad SMARTS) is 1. The Morgan fingerprint density at radius 2 is 1.88 bits per heavy atom. The molecule has 0 aliphatic heterocycles. The van der Waals surface area contributed by atoms with Crippen molar-refractivity contribution in [2.75, 3.05) is 5.32 Å². The topological polar surface area (TPSA) is 95.9 Å². The second-order valence-corrected chi connectivity index (χ2v) is 5.70. The maximum atomic E-state index is 12.1. The minimum absolute atomic E-state index is 0.236. The zero-order chi connectivity index (χ0) is 17.9. The molecular weight excluding hydrogens is 357 g/mol. The van der Waals surface area contributed by atoms with E-state index >= 15 is 0 Å². The number of aromatic hydroxyl groups is 1. The van der Waals surface area contributed by atoms with Gasteiger partial charge in [0.1, 0.15) is 17.1 Å². The third kappa shape index (κ3) is 4.31. The summed E-state index contributed by atoms with van der Waals surface area (Å²) in [5, 5.41) is 21.7. The second kappa shape index (κ2) is 7.42. The maximum Gasteiger partial charge on any atom is 0.339 e. The number of amides is 1. The average Bonchev–Trinajstić information content (AvgIpc) is 2.49. The molecule has 126 valence electrons. The molecule has 0 unspecified atom stereocenters. The van der Waals surface area contributed by atoms with Gasteiger partial charge < -0.3 is 20.3 Å². The predicted molar refractivity (Wildman–Crippen MR) is 90.2 cm³/mol. The van der Waals surface area contributed by atoms with Crippen molar-refractivity contribution < 1.29 is 24.5 Å². The normalized spacial score (nSPS) is 11.6. The number of ether oxygens (including phenoxy) is 1. The molecule has 0 saturated heterocycles.